The lowest BCUT2D eigenvalue weighted by Crippen LogP contribution is -2.60. The molecule has 0 aliphatic heterocycles. The molecule has 0 aliphatic carbocycles. The summed E-state index contributed by atoms with van der Waals surface area (Å²) in [5.74, 6) is 0. The van der Waals surface area contributed by atoms with Gasteiger partial charge in [-0.1, -0.05) is 122 Å². The molecule has 198 valence electrons. The quantitative estimate of drug-likeness (QED) is 0.0447. The molecular weight excluding hydrogens is 442 g/mol. The Morgan fingerprint density at radius 3 is 1.12 bits per heavy atom. The van der Waals surface area contributed by atoms with E-state index < -0.39 is 32.8 Å². The third kappa shape index (κ3) is 12.9. The van der Waals surface area contributed by atoms with Crippen LogP contribution < -0.4 is 0 Å². The third-order valence-corrected chi connectivity index (χ3v) is 6.58. The van der Waals surface area contributed by atoms with Crippen LogP contribution in [0, 0.1) is 30.3 Å². The molecule has 0 saturated heterocycles. The zero-order chi connectivity index (χ0) is 25.7. The van der Waals surface area contributed by atoms with E-state index in [0.29, 0.717) is 6.42 Å². The van der Waals surface area contributed by atoms with Gasteiger partial charge in [-0.05, 0) is 6.42 Å². The largest absolute Gasteiger partial charge is 0.577 e. The average Bonchev–Trinajstić information content (AvgIpc) is 2.79. The van der Waals surface area contributed by atoms with E-state index in [4.69, 9.17) is 0 Å². The Balaban J connectivity index is 3.72. The third-order valence-electron chi connectivity index (χ3n) is 6.58. The van der Waals surface area contributed by atoms with Gasteiger partial charge in [0.25, 0.3) is 6.29 Å². The van der Waals surface area contributed by atoms with Crippen LogP contribution in [0.5, 0.6) is 0 Å². The molecule has 34 heavy (non-hydrogen) atoms. The van der Waals surface area contributed by atoms with Gasteiger partial charge in [0, 0.05) is 11.3 Å². The molecule has 0 spiro atoms. The summed E-state index contributed by atoms with van der Waals surface area (Å²) >= 11 is 0. The summed E-state index contributed by atoms with van der Waals surface area (Å²) in [6.45, 7) is 2.24. The van der Waals surface area contributed by atoms with E-state index in [1.165, 1.54) is 83.5 Å². The standard InChI is InChI=1S/C24H45N3O7/c1-2-3-4-5-6-7-8-9-10-11-12-13-14-15-16-17-18-19-20-21-23(25(29)30)24(22-28,26(31)32)27(33)34/h22-23H,2-21H2,1H3. The highest BCUT2D eigenvalue weighted by molar-refractivity contribution is 5.60. The number of nitrogens with zero attached hydrogens (tertiary/aromatic N) is 3. The normalized spacial score (nSPS) is 12.4. The van der Waals surface area contributed by atoms with Crippen LogP contribution in [0.1, 0.15) is 135 Å². The van der Waals surface area contributed by atoms with Crippen LogP contribution in [-0.2, 0) is 4.79 Å². The SMILES string of the molecule is CCCCCCCCCCCCCCCCCCCCCC([N+](=O)[O-])C(C=O)([N+](=O)[O-])[N+](=O)[O-]. The number of hydrogen-bond acceptors (Lipinski definition) is 7. The molecule has 0 fully saturated rings. The first-order valence-corrected chi connectivity index (χ1v) is 13.2. The molecule has 1 atom stereocenters. The maximum Gasteiger partial charge on any atom is 0.577 e. The van der Waals surface area contributed by atoms with E-state index >= 15 is 0 Å². The first-order chi connectivity index (χ1) is 16.3. The Labute approximate surface area is 203 Å². The van der Waals surface area contributed by atoms with Crippen molar-refractivity contribution in [3.63, 3.8) is 0 Å². The van der Waals surface area contributed by atoms with Crippen LogP contribution >= 0.6 is 0 Å². The number of rotatable bonds is 25. The predicted octanol–water partition coefficient (Wildman–Crippen LogP) is 6.90. The van der Waals surface area contributed by atoms with Gasteiger partial charge in [-0.3, -0.25) is 35.1 Å². The Hall–Kier alpha value is -2.13. The number of carbonyl (C=O) groups is 1. The predicted molar refractivity (Wildman–Crippen MR) is 132 cm³/mol. The van der Waals surface area contributed by atoms with Crippen LogP contribution in [-0.4, -0.2) is 32.8 Å². The minimum Gasteiger partial charge on any atom is -0.287 e. The van der Waals surface area contributed by atoms with Gasteiger partial charge >= 0.3 is 11.7 Å². The van der Waals surface area contributed by atoms with Crippen molar-refractivity contribution >= 4 is 6.29 Å². The first kappa shape index (κ1) is 31.9. The summed E-state index contributed by atoms with van der Waals surface area (Å²) < 4.78 is 0. The van der Waals surface area contributed by atoms with Gasteiger partial charge in [-0.15, -0.1) is 0 Å². The Kier molecular flexibility index (Phi) is 19.0. The summed E-state index contributed by atoms with van der Waals surface area (Å²) in [4.78, 5) is 40.4. The van der Waals surface area contributed by atoms with E-state index in [9.17, 15) is 35.1 Å². The highest BCUT2D eigenvalue weighted by atomic mass is 16.7. The molecule has 0 saturated carbocycles. The van der Waals surface area contributed by atoms with E-state index in [1.54, 1.807) is 0 Å². The van der Waals surface area contributed by atoms with E-state index in [1.807, 2.05) is 0 Å². The van der Waals surface area contributed by atoms with Crippen molar-refractivity contribution in [3.8, 4) is 0 Å². The zero-order valence-electron chi connectivity index (χ0n) is 21.0. The molecule has 0 radical (unpaired) electrons. The smallest absolute Gasteiger partial charge is 0.287 e. The van der Waals surface area contributed by atoms with Crippen molar-refractivity contribution in [2.24, 2.45) is 0 Å². The highest BCUT2D eigenvalue weighted by Gasteiger charge is 2.70. The van der Waals surface area contributed by atoms with Crippen LogP contribution in [0.3, 0.4) is 0 Å². The van der Waals surface area contributed by atoms with Crippen molar-refractivity contribution in [2.75, 3.05) is 0 Å². The summed E-state index contributed by atoms with van der Waals surface area (Å²) in [5.41, 5.74) is -3.42. The number of nitro groups is 3. The summed E-state index contributed by atoms with van der Waals surface area (Å²) in [6, 6.07) is -2.17. The fourth-order valence-corrected chi connectivity index (χ4v) is 4.36. The second-order valence-corrected chi connectivity index (χ2v) is 9.37. The minimum absolute atomic E-state index is 0.238. The number of aldehydes is 1. The van der Waals surface area contributed by atoms with Crippen LogP contribution in [0.15, 0.2) is 0 Å². The molecule has 0 aromatic carbocycles. The lowest BCUT2D eigenvalue weighted by molar-refractivity contribution is -0.812. The molecule has 0 bridgehead atoms. The van der Waals surface area contributed by atoms with Gasteiger partial charge in [0.15, 0.2) is 0 Å². The second kappa shape index (κ2) is 20.3. The van der Waals surface area contributed by atoms with Crippen molar-refractivity contribution in [2.45, 2.75) is 147 Å². The second-order valence-electron chi connectivity index (χ2n) is 9.37. The van der Waals surface area contributed by atoms with Gasteiger partial charge in [0.2, 0.25) is 0 Å². The fraction of sp³-hybridized carbons (Fsp3) is 0.958. The van der Waals surface area contributed by atoms with Crippen LogP contribution in [0.2, 0.25) is 0 Å². The Morgan fingerprint density at radius 1 is 0.588 bits per heavy atom. The minimum atomic E-state index is -3.42. The summed E-state index contributed by atoms with van der Waals surface area (Å²) in [6.07, 6.45) is 21.2. The van der Waals surface area contributed by atoms with Gasteiger partial charge in [0.1, 0.15) is 9.85 Å². The molecule has 0 aromatic rings. The van der Waals surface area contributed by atoms with Gasteiger partial charge in [-0.2, -0.15) is 0 Å². The van der Waals surface area contributed by atoms with E-state index in [-0.39, 0.29) is 12.8 Å². The van der Waals surface area contributed by atoms with Gasteiger partial charge in [0.05, 0.1) is 0 Å². The van der Waals surface area contributed by atoms with E-state index in [2.05, 4.69) is 6.92 Å². The number of unbranched alkanes of at least 4 members (excludes halogenated alkanes) is 18. The topological polar surface area (TPSA) is 146 Å². The number of hydrogen-bond donors (Lipinski definition) is 0. The molecule has 0 N–H and O–H groups in total. The van der Waals surface area contributed by atoms with Crippen molar-refractivity contribution in [1.82, 2.24) is 0 Å². The van der Waals surface area contributed by atoms with Crippen LogP contribution in [0.4, 0.5) is 0 Å². The molecular formula is C24H45N3O7. The lowest BCUT2D eigenvalue weighted by atomic mass is 9.96. The average molecular weight is 488 g/mol. The maximum atomic E-state index is 11.2. The summed E-state index contributed by atoms with van der Waals surface area (Å²) in [7, 11) is 0. The lowest BCUT2D eigenvalue weighted by Gasteiger charge is -2.15. The van der Waals surface area contributed by atoms with Crippen molar-refractivity contribution in [1.29, 1.82) is 0 Å². The molecule has 0 aliphatic rings. The first-order valence-electron chi connectivity index (χ1n) is 13.2. The molecule has 10 heteroatoms. The fourth-order valence-electron chi connectivity index (χ4n) is 4.36. The molecule has 0 amide bonds. The Bertz CT molecular complexity index is 573. The van der Waals surface area contributed by atoms with Crippen molar-refractivity contribution in [3.05, 3.63) is 30.3 Å². The van der Waals surface area contributed by atoms with Crippen molar-refractivity contribution < 1.29 is 19.6 Å². The molecule has 0 aromatic heterocycles. The number of carbonyl (C=O) groups excluding carboxylic acids is 1. The molecule has 1 unspecified atom stereocenters. The van der Waals surface area contributed by atoms with Crippen LogP contribution in [0.25, 0.3) is 0 Å². The zero-order valence-corrected chi connectivity index (χ0v) is 21.0. The molecule has 0 rings (SSSR count). The molecule has 10 nitrogen and oxygen atoms in total. The van der Waals surface area contributed by atoms with Gasteiger partial charge in [-0.25, -0.2) is 0 Å². The Morgan fingerprint density at radius 2 is 0.882 bits per heavy atom. The monoisotopic (exact) mass is 487 g/mol. The summed E-state index contributed by atoms with van der Waals surface area (Å²) in [5, 5.41) is 33.3. The van der Waals surface area contributed by atoms with E-state index in [0.717, 1.165) is 25.7 Å². The highest BCUT2D eigenvalue weighted by Crippen LogP contribution is 2.23. The van der Waals surface area contributed by atoms with Gasteiger partial charge < -0.3 is 0 Å². The maximum absolute atomic E-state index is 11.2. The molecule has 0 heterocycles.